The molecule has 0 fully saturated rings. The molecule has 1 aromatic heterocycles. The number of nitrogens with one attached hydrogen (secondary N) is 1. The molecule has 9 heteroatoms. The first-order chi connectivity index (χ1) is 9.87. The van der Waals surface area contributed by atoms with Crippen molar-refractivity contribution in [2.75, 3.05) is 11.8 Å². The highest BCUT2D eigenvalue weighted by Crippen LogP contribution is 2.36. The van der Waals surface area contributed by atoms with Crippen molar-refractivity contribution in [3.05, 3.63) is 38.6 Å². The lowest BCUT2D eigenvalue weighted by atomic mass is 10.2. The maximum Gasteiger partial charge on any atom is 0.271 e. The van der Waals surface area contributed by atoms with E-state index in [-0.39, 0.29) is 15.6 Å². The Labute approximate surface area is 139 Å². The Morgan fingerprint density at radius 3 is 2.67 bits per heavy atom. The van der Waals surface area contributed by atoms with Gasteiger partial charge in [-0.3, -0.25) is 4.72 Å². The van der Waals surface area contributed by atoms with Gasteiger partial charge >= 0.3 is 0 Å². The number of hydrogen-bond acceptors (Lipinski definition) is 5. The quantitative estimate of drug-likeness (QED) is 0.835. The first kappa shape index (κ1) is 16.1. The monoisotopic (exact) mass is 406 g/mol. The van der Waals surface area contributed by atoms with Gasteiger partial charge in [0.15, 0.2) is 0 Å². The van der Waals surface area contributed by atoms with Crippen LogP contribution in [0.4, 0.5) is 5.69 Å². The highest BCUT2D eigenvalue weighted by Gasteiger charge is 2.20. The zero-order valence-electron chi connectivity index (χ0n) is 10.6. The second-order valence-electron chi connectivity index (χ2n) is 3.82. The van der Waals surface area contributed by atoms with Crippen molar-refractivity contribution in [3.8, 4) is 11.8 Å². The number of sulfonamides is 1. The summed E-state index contributed by atoms with van der Waals surface area (Å²) in [4.78, 5) is 0. The van der Waals surface area contributed by atoms with E-state index in [0.29, 0.717) is 14.4 Å². The number of methoxy groups -OCH3 is 1. The number of rotatable bonds is 4. The molecule has 5 nitrogen and oxygen atoms in total. The predicted octanol–water partition coefficient (Wildman–Crippen LogP) is 3.85. The zero-order chi connectivity index (χ0) is 15.6. The third-order valence-corrected chi connectivity index (χ3v) is 6.78. The van der Waals surface area contributed by atoms with Gasteiger partial charge in [-0.25, -0.2) is 8.42 Å². The van der Waals surface area contributed by atoms with Crippen LogP contribution in [0.5, 0.6) is 5.75 Å². The molecule has 21 heavy (non-hydrogen) atoms. The molecule has 0 aliphatic heterocycles. The minimum absolute atomic E-state index is 0.0748. The number of benzene rings is 1. The van der Waals surface area contributed by atoms with E-state index in [4.69, 9.17) is 21.6 Å². The normalized spacial score (nSPS) is 11.0. The van der Waals surface area contributed by atoms with E-state index < -0.39 is 10.0 Å². The summed E-state index contributed by atoms with van der Waals surface area (Å²) in [5.74, 6) is 0.263. The minimum Gasteiger partial charge on any atom is -0.495 e. The standard InChI is InChI=1S/C12H8BrClN2O3S2/c1-19-10-4-7(6-15)2-3-9(10)16-21(17,18)11-5-8(14)12(13)20-11/h2-5,16H,1H3. The largest absolute Gasteiger partial charge is 0.495 e. The highest BCUT2D eigenvalue weighted by atomic mass is 79.9. The van der Waals surface area contributed by atoms with E-state index in [1.807, 2.05) is 6.07 Å². The van der Waals surface area contributed by atoms with Crippen LogP contribution in [0.3, 0.4) is 0 Å². The molecule has 0 saturated heterocycles. The van der Waals surface area contributed by atoms with Gasteiger partial charge in [-0.15, -0.1) is 11.3 Å². The Hall–Kier alpha value is -1.27. The molecule has 0 radical (unpaired) electrons. The SMILES string of the molecule is COc1cc(C#N)ccc1NS(=O)(=O)c1cc(Cl)c(Br)s1. The van der Waals surface area contributed by atoms with E-state index in [2.05, 4.69) is 20.7 Å². The smallest absolute Gasteiger partial charge is 0.271 e. The molecule has 1 N–H and O–H groups in total. The highest BCUT2D eigenvalue weighted by molar-refractivity contribution is 9.11. The summed E-state index contributed by atoms with van der Waals surface area (Å²) >= 11 is 10.0. The lowest BCUT2D eigenvalue weighted by Gasteiger charge is -2.10. The predicted molar refractivity (Wildman–Crippen MR) is 85.5 cm³/mol. The average molecular weight is 408 g/mol. The third-order valence-electron chi connectivity index (χ3n) is 2.46. The van der Waals surface area contributed by atoms with Crippen molar-refractivity contribution in [2.45, 2.75) is 4.21 Å². The van der Waals surface area contributed by atoms with Gasteiger partial charge in [-0.05, 0) is 34.1 Å². The number of nitrogens with zero attached hydrogens (tertiary/aromatic N) is 1. The lowest BCUT2D eigenvalue weighted by Crippen LogP contribution is -2.12. The average Bonchev–Trinajstić information content (AvgIpc) is 2.79. The van der Waals surface area contributed by atoms with Crippen molar-refractivity contribution in [3.63, 3.8) is 0 Å². The fourth-order valence-electron chi connectivity index (χ4n) is 1.50. The van der Waals surface area contributed by atoms with E-state index >= 15 is 0 Å². The van der Waals surface area contributed by atoms with E-state index in [1.54, 1.807) is 0 Å². The first-order valence-corrected chi connectivity index (χ1v) is 8.90. The van der Waals surface area contributed by atoms with Gasteiger partial charge in [-0.1, -0.05) is 11.6 Å². The number of nitriles is 1. The molecule has 0 spiro atoms. The van der Waals surface area contributed by atoms with Gasteiger partial charge in [0.2, 0.25) is 0 Å². The Morgan fingerprint density at radius 1 is 1.43 bits per heavy atom. The number of anilines is 1. The van der Waals surface area contributed by atoms with Gasteiger partial charge < -0.3 is 4.74 Å². The number of ether oxygens (including phenoxy) is 1. The molecule has 0 unspecified atom stereocenters. The molecule has 0 atom stereocenters. The van der Waals surface area contributed by atoms with Gasteiger partial charge in [0.25, 0.3) is 10.0 Å². The maximum atomic E-state index is 12.3. The molecule has 2 rings (SSSR count). The molecule has 110 valence electrons. The van der Waals surface area contributed by atoms with E-state index in [1.165, 1.54) is 31.4 Å². The second-order valence-corrected chi connectivity index (χ2v) is 8.51. The molecule has 0 amide bonds. The molecular formula is C12H8BrClN2O3S2. The Kier molecular flexibility index (Phi) is 4.78. The molecule has 0 saturated carbocycles. The van der Waals surface area contributed by atoms with Crippen molar-refractivity contribution >= 4 is 54.6 Å². The van der Waals surface area contributed by atoms with Crippen LogP contribution in [0.25, 0.3) is 0 Å². The number of hydrogen-bond donors (Lipinski definition) is 1. The summed E-state index contributed by atoms with van der Waals surface area (Å²) in [6.45, 7) is 0. The molecule has 0 aliphatic carbocycles. The van der Waals surface area contributed by atoms with Crippen molar-refractivity contribution in [1.29, 1.82) is 5.26 Å². The summed E-state index contributed by atoms with van der Waals surface area (Å²) in [5.41, 5.74) is 0.619. The summed E-state index contributed by atoms with van der Waals surface area (Å²) in [5, 5.41) is 9.16. The number of halogens is 2. The molecule has 1 heterocycles. The van der Waals surface area contributed by atoms with E-state index in [0.717, 1.165) is 11.3 Å². The van der Waals surface area contributed by atoms with Crippen LogP contribution in [0, 0.1) is 11.3 Å². The summed E-state index contributed by atoms with van der Waals surface area (Å²) in [6.07, 6.45) is 0. The summed E-state index contributed by atoms with van der Waals surface area (Å²) < 4.78 is 32.7. The Balaban J connectivity index is 2.39. The van der Waals surface area contributed by atoms with Crippen LogP contribution in [0.2, 0.25) is 5.02 Å². The first-order valence-electron chi connectivity index (χ1n) is 5.43. The molecule has 1 aromatic carbocycles. The molecular weight excluding hydrogens is 400 g/mol. The molecule has 0 aliphatic rings. The zero-order valence-corrected chi connectivity index (χ0v) is 14.5. The summed E-state index contributed by atoms with van der Waals surface area (Å²) in [6, 6.07) is 7.73. The van der Waals surface area contributed by atoms with Gasteiger partial charge in [0.05, 0.1) is 33.2 Å². The van der Waals surface area contributed by atoms with Crippen LogP contribution < -0.4 is 9.46 Å². The van der Waals surface area contributed by atoms with E-state index in [9.17, 15) is 8.42 Å². The summed E-state index contributed by atoms with van der Waals surface area (Å²) in [7, 11) is -2.38. The topological polar surface area (TPSA) is 79.2 Å². The maximum absolute atomic E-state index is 12.3. The van der Waals surface area contributed by atoms with Crippen LogP contribution in [-0.2, 0) is 10.0 Å². The second kappa shape index (κ2) is 6.23. The van der Waals surface area contributed by atoms with Crippen molar-refractivity contribution < 1.29 is 13.2 Å². The molecule has 2 aromatic rings. The Morgan fingerprint density at radius 2 is 2.14 bits per heavy atom. The van der Waals surface area contributed by atoms with Crippen LogP contribution >= 0.6 is 38.9 Å². The molecule has 0 bridgehead atoms. The fraction of sp³-hybridized carbons (Fsp3) is 0.0833. The van der Waals surface area contributed by atoms with Gasteiger partial charge in [0, 0.05) is 6.07 Å². The Bertz CT molecular complexity index is 808. The van der Waals surface area contributed by atoms with Crippen LogP contribution in [0.1, 0.15) is 5.56 Å². The van der Waals surface area contributed by atoms with Crippen molar-refractivity contribution in [1.82, 2.24) is 0 Å². The minimum atomic E-state index is -3.78. The number of thiophene rings is 1. The fourth-order valence-corrected chi connectivity index (χ4v) is 4.97. The lowest BCUT2D eigenvalue weighted by molar-refractivity contribution is 0.416. The van der Waals surface area contributed by atoms with Crippen molar-refractivity contribution in [2.24, 2.45) is 0 Å². The van der Waals surface area contributed by atoms with Crippen LogP contribution in [0.15, 0.2) is 32.3 Å². The van der Waals surface area contributed by atoms with Gasteiger partial charge in [-0.2, -0.15) is 5.26 Å². The van der Waals surface area contributed by atoms with Gasteiger partial charge in [0.1, 0.15) is 9.96 Å². The third kappa shape index (κ3) is 3.49. The van der Waals surface area contributed by atoms with Crippen LogP contribution in [-0.4, -0.2) is 15.5 Å².